The summed E-state index contributed by atoms with van der Waals surface area (Å²) in [4.78, 5) is 2.40. The average molecular weight is 275 g/mol. The molecule has 0 bridgehead atoms. The summed E-state index contributed by atoms with van der Waals surface area (Å²) in [6, 6.07) is 5.01. The first-order valence-electron chi connectivity index (χ1n) is 7.39. The number of aliphatic hydroxyl groups is 1. The maximum atomic E-state index is 13.6. The highest BCUT2D eigenvalue weighted by atomic mass is 19.1. The Morgan fingerprint density at radius 2 is 1.85 bits per heavy atom. The van der Waals surface area contributed by atoms with Gasteiger partial charge in [-0.3, -0.25) is 4.90 Å². The van der Waals surface area contributed by atoms with Crippen LogP contribution in [0, 0.1) is 17.7 Å². The molecule has 0 spiro atoms. The lowest BCUT2D eigenvalue weighted by Crippen LogP contribution is -2.24. The average Bonchev–Trinajstić information content (AvgIpc) is 2.67. The first-order valence-corrected chi connectivity index (χ1v) is 7.39. The molecule has 0 atom stereocenters. The highest BCUT2D eigenvalue weighted by Gasteiger charge is 2.10. The Hall–Kier alpha value is -1.37. The Morgan fingerprint density at radius 1 is 1.10 bits per heavy atom. The largest absolute Gasteiger partial charge is 0.395 e. The van der Waals surface area contributed by atoms with Gasteiger partial charge in [0, 0.05) is 18.5 Å². The molecule has 20 heavy (non-hydrogen) atoms. The van der Waals surface area contributed by atoms with Crippen LogP contribution < -0.4 is 0 Å². The lowest BCUT2D eigenvalue weighted by atomic mass is 10.1. The third kappa shape index (κ3) is 4.96. The van der Waals surface area contributed by atoms with Crippen LogP contribution in [0.3, 0.4) is 0 Å². The lowest BCUT2D eigenvalue weighted by molar-refractivity contribution is 0.276. The van der Waals surface area contributed by atoms with Crippen LogP contribution in [0.5, 0.6) is 0 Å². The van der Waals surface area contributed by atoms with Crippen LogP contribution >= 0.6 is 0 Å². The van der Waals surface area contributed by atoms with E-state index in [1.54, 1.807) is 6.07 Å². The van der Waals surface area contributed by atoms with Gasteiger partial charge >= 0.3 is 0 Å². The summed E-state index contributed by atoms with van der Waals surface area (Å²) in [5.74, 6) is 5.52. The molecule has 1 aromatic carbocycles. The van der Waals surface area contributed by atoms with Gasteiger partial charge in [-0.25, -0.2) is 4.39 Å². The van der Waals surface area contributed by atoms with Gasteiger partial charge in [0.05, 0.1) is 6.61 Å². The van der Waals surface area contributed by atoms with Crippen molar-refractivity contribution in [1.29, 1.82) is 0 Å². The van der Waals surface area contributed by atoms with Crippen molar-refractivity contribution in [3.63, 3.8) is 0 Å². The van der Waals surface area contributed by atoms with Crippen LogP contribution in [-0.4, -0.2) is 29.7 Å². The number of halogens is 1. The van der Waals surface area contributed by atoms with Gasteiger partial charge in [0.1, 0.15) is 5.82 Å². The van der Waals surface area contributed by atoms with E-state index < -0.39 is 0 Å². The Labute approximate surface area is 120 Å². The van der Waals surface area contributed by atoms with Crippen molar-refractivity contribution < 1.29 is 9.50 Å². The van der Waals surface area contributed by atoms with Gasteiger partial charge in [0.2, 0.25) is 0 Å². The molecule has 0 radical (unpaired) electrons. The Kier molecular flexibility index (Phi) is 6.04. The number of benzene rings is 1. The van der Waals surface area contributed by atoms with Crippen molar-refractivity contribution in [2.24, 2.45) is 0 Å². The van der Waals surface area contributed by atoms with E-state index in [-0.39, 0.29) is 12.4 Å². The number of likely N-dealkylation sites (tertiary alicyclic amines) is 1. The van der Waals surface area contributed by atoms with Gasteiger partial charge in [-0.15, -0.1) is 0 Å². The SMILES string of the molecule is OCCC#Cc1cc(F)cc(CN2CCCCCC2)c1. The Morgan fingerprint density at radius 3 is 2.55 bits per heavy atom. The predicted octanol–water partition coefficient (Wildman–Crippen LogP) is 2.94. The smallest absolute Gasteiger partial charge is 0.124 e. The molecule has 2 nitrogen and oxygen atoms in total. The molecule has 1 aliphatic rings. The molecule has 0 unspecified atom stereocenters. The molecule has 1 heterocycles. The van der Waals surface area contributed by atoms with Gasteiger partial charge < -0.3 is 5.11 Å². The second-order valence-corrected chi connectivity index (χ2v) is 5.31. The molecule has 3 heteroatoms. The summed E-state index contributed by atoms with van der Waals surface area (Å²) >= 11 is 0. The van der Waals surface area contributed by atoms with Crippen molar-refractivity contribution >= 4 is 0 Å². The molecule has 1 aliphatic heterocycles. The van der Waals surface area contributed by atoms with Crippen LogP contribution in [0.2, 0.25) is 0 Å². The van der Waals surface area contributed by atoms with E-state index in [2.05, 4.69) is 16.7 Å². The molecule has 1 fully saturated rings. The molecular weight excluding hydrogens is 253 g/mol. The summed E-state index contributed by atoms with van der Waals surface area (Å²) in [5, 5.41) is 8.71. The van der Waals surface area contributed by atoms with Crippen molar-refractivity contribution in [3.8, 4) is 11.8 Å². The van der Waals surface area contributed by atoms with Crippen LogP contribution in [-0.2, 0) is 6.54 Å². The van der Waals surface area contributed by atoms with Crippen molar-refractivity contribution in [2.75, 3.05) is 19.7 Å². The van der Waals surface area contributed by atoms with E-state index in [9.17, 15) is 4.39 Å². The fraction of sp³-hybridized carbons (Fsp3) is 0.529. The van der Waals surface area contributed by atoms with Gasteiger partial charge in [-0.05, 0) is 49.7 Å². The Balaban J connectivity index is 2.05. The van der Waals surface area contributed by atoms with Gasteiger partial charge in [0.15, 0.2) is 0 Å². The first-order chi connectivity index (χ1) is 9.78. The molecule has 1 N–H and O–H groups in total. The zero-order valence-corrected chi connectivity index (χ0v) is 11.9. The second-order valence-electron chi connectivity index (χ2n) is 5.31. The second kappa shape index (κ2) is 8.04. The van der Waals surface area contributed by atoms with Crippen molar-refractivity contribution in [3.05, 3.63) is 35.1 Å². The number of hydrogen-bond donors (Lipinski definition) is 1. The number of nitrogens with zero attached hydrogens (tertiary/aromatic N) is 1. The zero-order valence-electron chi connectivity index (χ0n) is 11.9. The quantitative estimate of drug-likeness (QED) is 0.857. The standard InChI is InChI=1S/C17H22FNO/c18-17-12-15(7-3-6-10-20)11-16(13-17)14-19-8-4-1-2-5-9-19/h11-13,20H,1-2,4-6,8-10,14H2. The fourth-order valence-corrected chi connectivity index (χ4v) is 2.59. The topological polar surface area (TPSA) is 23.5 Å². The molecule has 0 aliphatic carbocycles. The van der Waals surface area contributed by atoms with Crippen molar-refractivity contribution in [2.45, 2.75) is 38.6 Å². The first kappa shape index (κ1) is 15.0. The van der Waals surface area contributed by atoms with E-state index in [1.807, 2.05) is 6.07 Å². The predicted molar refractivity (Wildman–Crippen MR) is 78.7 cm³/mol. The van der Waals surface area contributed by atoms with E-state index in [1.165, 1.54) is 31.7 Å². The molecule has 0 aromatic heterocycles. The van der Waals surface area contributed by atoms with Gasteiger partial charge in [0.25, 0.3) is 0 Å². The van der Waals surface area contributed by atoms with Crippen LogP contribution in [0.25, 0.3) is 0 Å². The third-order valence-corrected chi connectivity index (χ3v) is 3.53. The summed E-state index contributed by atoms with van der Waals surface area (Å²) < 4.78 is 13.6. The highest BCUT2D eigenvalue weighted by Crippen LogP contribution is 2.15. The summed E-state index contributed by atoms with van der Waals surface area (Å²) in [7, 11) is 0. The highest BCUT2D eigenvalue weighted by molar-refractivity contribution is 5.37. The summed E-state index contributed by atoms with van der Waals surface area (Å²) in [6.45, 7) is 3.04. The lowest BCUT2D eigenvalue weighted by Gasteiger charge is -2.19. The minimum absolute atomic E-state index is 0.0446. The van der Waals surface area contributed by atoms with E-state index in [4.69, 9.17) is 5.11 Å². The van der Waals surface area contributed by atoms with Gasteiger partial charge in [-0.2, -0.15) is 0 Å². The summed E-state index contributed by atoms with van der Waals surface area (Å²) in [6.07, 6.45) is 5.50. The normalized spacial score (nSPS) is 16.3. The molecule has 2 rings (SSSR count). The van der Waals surface area contributed by atoms with Crippen molar-refractivity contribution in [1.82, 2.24) is 4.90 Å². The third-order valence-electron chi connectivity index (χ3n) is 3.53. The number of hydrogen-bond acceptors (Lipinski definition) is 2. The number of aliphatic hydroxyl groups excluding tert-OH is 1. The monoisotopic (exact) mass is 275 g/mol. The van der Waals surface area contributed by atoms with Crippen LogP contribution in [0.1, 0.15) is 43.2 Å². The number of rotatable bonds is 3. The van der Waals surface area contributed by atoms with Crippen LogP contribution in [0.15, 0.2) is 18.2 Å². The Bertz CT molecular complexity index is 481. The summed E-state index contributed by atoms with van der Waals surface area (Å²) in [5.41, 5.74) is 1.68. The maximum Gasteiger partial charge on any atom is 0.124 e. The maximum absolute atomic E-state index is 13.6. The minimum atomic E-state index is -0.231. The molecule has 1 saturated heterocycles. The van der Waals surface area contributed by atoms with E-state index in [0.717, 1.165) is 25.2 Å². The molecule has 1 aromatic rings. The molecule has 108 valence electrons. The molecule has 0 saturated carbocycles. The molecular formula is C17H22FNO. The van der Waals surface area contributed by atoms with Crippen LogP contribution in [0.4, 0.5) is 4.39 Å². The minimum Gasteiger partial charge on any atom is -0.395 e. The molecule has 0 amide bonds. The van der Waals surface area contributed by atoms with E-state index >= 15 is 0 Å². The van der Waals surface area contributed by atoms with E-state index in [0.29, 0.717) is 12.0 Å². The zero-order chi connectivity index (χ0) is 14.2. The fourth-order valence-electron chi connectivity index (χ4n) is 2.59. The van der Waals surface area contributed by atoms with Gasteiger partial charge in [-0.1, -0.05) is 24.7 Å².